The van der Waals surface area contributed by atoms with Gasteiger partial charge in [0, 0.05) is 24.7 Å². The van der Waals surface area contributed by atoms with Crippen LogP contribution in [-0.2, 0) is 19.6 Å². The van der Waals surface area contributed by atoms with E-state index in [1.165, 1.54) is 184 Å². The van der Waals surface area contributed by atoms with E-state index in [0.717, 1.165) is 50.0 Å². The molecule has 0 aliphatic heterocycles. The highest BCUT2D eigenvalue weighted by Crippen LogP contribution is 2.27. The highest BCUT2D eigenvalue weighted by atomic mass is 127. The van der Waals surface area contributed by atoms with E-state index in [9.17, 15) is 0 Å². The SMILES string of the molecule is CCCCCCCCCCCCCCCCOc1ccc(CN(CCCCCCCCCCCCCCCC)Cc2ccc[n+](CC)c2)cc1Cl.[I-]. The second-order valence-corrected chi connectivity index (χ2v) is 16.0. The maximum atomic E-state index is 6.77. The summed E-state index contributed by atoms with van der Waals surface area (Å²) in [4.78, 5) is 2.61. The van der Waals surface area contributed by atoms with Crippen molar-refractivity contribution in [3.63, 3.8) is 0 Å². The Morgan fingerprint density at radius 2 is 0.981 bits per heavy atom. The first-order valence-electron chi connectivity index (χ1n) is 22.3. The summed E-state index contributed by atoms with van der Waals surface area (Å²) in [6, 6.07) is 10.9. The minimum atomic E-state index is 0. The van der Waals surface area contributed by atoms with Gasteiger partial charge in [-0.05, 0) is 50.1 Å². The molecule has 0 saturated carbocycles. The molecule has 3 nitrogen and oxygen atoms in total. The summed E-state index contributed by atoms with van der Waals surface area (Å²) in [6.07, 6.45) is 43.3. The van der Waals surface area contributed by atoms with Crippen LogP contribution >= 0.6 is 11.6 Å². The zero-order chi connectivity index (χ0) is 36.5. The van der Waals surface area contributed by atoms with Gasteiger partial charge in [-0.1, -0.05) is 198 Å². The lowest BCUT2D eigenvalue weighted by atomic mass is 10.0. The summed E-state index contributed by atoms with van der Waals surface area (Å²) >= 11 is 6.77. The lowest BCUT2D eigenvalue weighted by molar-refractivity contribution is -0.694. The third-order valence-corrected chi connectivity index (χ3v) is 11.0. The van der Waals surface area contributed by atoms with Crippen LogP contribution in [0, 0.1) is 0 Å². The van der Waals surface area contributed by atoms with Crippen molar-refractivity contribution >= 4 is 11.6 Å². The van der Waals surface area contributed by atoms with Crippen LogP contribution in [-0.4, -0.2) is 18.1 Å². The first kappa shape index (κ1) is 49.2. The van der Waals surface area contributed by atoms with Gasteiger partial charge in [0.2, 0.25) is 0 Å². The minimum absolute atomic E-state index is 0. The first-order chi connectivity index (χ1) is 25.2. The van der Waals surface area contributed by atoms with Crippen molar-refractivity contribution in [1.82, 2.24) is 4.90 Å². The molecule has 0 bridgehead atoms. The van der Waals surface area contributed by atoms with Gasteiger partial charge < -0.3 is 28.7 Å². The fourth-order valence-corrected chi connectivity index (χ4v) is 7.62. The summed E-state index contributed by atoms with van der Waals surface area (Å²) in [5.74, 6) is 0.834. The summed E-state index contributed by atoms with van der Waals surface area (Å²) in [5.41, 5.74) is 2.65. The number of benzene rings is 1. The topological polar surface area (TPSA) is 16.4 Å². The molecule has 0 spiro atoms. The van der Waals surface area contributed by atoms with Crippen molar-refractivity contribution in [1.29, 1.82) is 0 Å². The van der Waals surface area contributed by atoms with E-state index in [1.807, 2.05) is 0 Å². The lowest BCUT2D eigenvalue weighted by Crippen LogP contribution is -3.00. The maximum absolute atomic E-state index is 6.77. The van der Waals surface area contributed by atoms with Crippen LogP contribution < -0.4 is 33.3 Å². The van der Waals surface area contributed by atoms with Gasteiger partial charge in [-0.2, -0.15) is 0 Å². The van der Waals surface area contributed by atoms with E-state index in [0.29, 0.717) is 0 Å². The van der Waals surface area contributed by atoms with Crippen molar-refractivity contribution < 1.29 is 33.3 Å². The third kappa shape index (κ3) is 26.8. The van der Waals surface area contributed by atoms with Gasteiger partial charge in [-0.25, -0.2) is 4.57 Å². The standard InChI is InChI=1S/C47H82ClN2O.HI/c1-4-7-9-11-13-15-17-19-21-23-25-27-29-31-37-50(43-45-34-33-38-49(6-3)42-45)41-44-35-36-47(46(48)40-44)51-39-32-30-28-26-24-22-20-18-16-14-12-10-8-5-2;/h33-36,38,40,42H,4-32,37,39,41,43H2,1-3H3;1H/q+1;/p-1. The number of aryl methyl sites for hydroxylation is 1. The van der Waals surface area contributed by atoms with Gasteiger partial charge in [0.25, 0.3) is 0 Å². The second-order valence-electron chi connectivity index (χ2n) is 15.6. The lowest BCUT2D eigenvalue weighted by Gasteiger charge is -2.22. The van der Waals surface area contributed by atoms with Crippen LogP contribution in [0.5, 0.6) is 5.75 Å². The number of aromatic nitrogens is 1. The van der Waals surface area contributed by atoms with E-state index in [-0.39, 0.29) is 24.0 Å². The molecule has 1 aromatic heterocycles. The molecule has 0 aliphatic rings. The van der Waals surface area contributed by atoms with Gasteiger partial charge >= 0.3 is 0 Å². The van der Waals surface area contributed by atoms with Crippen LogP contribution in [0.4, 0.5) is 0 Å². The molecule has 0 atom stereocenters. The average molecular weight is 854 g/mol. The number of unbranched alkanes of at least 4 members (excludes halogenated alkanes) is 26. The van der Waals surface area contributed by atoms with E-state index in [4.69, 9.17) is 16.3 Å². The summed E-state index contributed by atoms with van der Waals surface area (Å²) < 4.78 is 8.41. The molecule has 0 saturated heterocycles. The smallest absolute Gasteiger partial charge is 0.173 e. The molecule has 0 unspecified atom stereocenters. The summed E-state index contributed by atoms with van der Waals surface area (Å²) in [5, 5.41) is 0.748. The normalized spacial score (nSPS) is 11.3. The predicted octanol–water partition coefficient (Wildman–Crippen LogP) is 12.0. The number of hydrogen-bond donors (Lipinski definition) is 0. The molecule has 5 heteroatoms. The number of ether oxygens (including phenoxy) is 1. The van der Waals surface area contributed by atoms with Crippen molar-refractivity contribution in [3.8, 4) is 5.75 Å². The van der Waals surface area contributed by atoms with Gasteiger partial charge in [-0.3, -0.25) is 4.90 Å². The third-order valence-electron chi connectivity index (χ3n) is 10.7. The fraction of sp³-hybridized carbons (Fsp3) is 0.766. The molecule has 2 rings (SSSR count). The monoisotopic (exact) mass is 853 g/mol. The molecule has 1 aromatic carbocycles. The Morgan fingerprint density at radius 1 is 0.538 bits per heavy atom. The van der Waals surface area contributed by atoms with Crippen molar-refractivity contribution in [3.05, 3.63) is 58.9 Å². The van der Waals surface area contributed by atoms with E-state index >= 15 is 0 Å². The van der Waals surface area contributed by atoms with Crippen molar-refractivity contribution in [2.24, 2.45) is 0 Å². The molecular formula is C47H82ClIN2O. The molecule has 0 radical (unpaired) electrons. The quantitative estimate of drug-likeness (QED) is 0.0386. The van der Waals surface area contributed by atoms with Gasteiger partial charge in [0.1, 0.15) is 12.3 Å². The summed E-state index contributed by atoms with van der Waals surface area (Å²) in [6.45, 7) is 11.6. The first-order valence-corrected chi connectivity index (χ1v) is 22.7. The fourth-order valence-electron chi connectivity index (χ4n) is 7.37. The number of rotatable bonds is 36. The summed E-state index contributed by atoms with van der Waals surface area (Å²) in [7, 11) is 0. The second kappa shape index (κ2) is 35.8. The average Bonchev–Trinajstić information content (AvgIpc) is 3.14. The Hall–Kier alpha value is -0.850. The van der Waals surface area contributed by atoms with Crippen molar-refractivity contribution in [2.45, 2.75) is 220 Å². The van der Waals surface area contributed by atoms with Crippen LogP contribution in [0.25, 0.3) is 0 Å². The van der Waals surface area contributed by atoms with Crippen LogP contribution in [0.15, 0.2) is 42.7 Å². The van der Waals surface area contributed by atoms with Gasteiger partial charge in [-0.15, -0.1) is 0 Å². The van der Waals surface area contributed by atoms with Gasteiger partial charge in [0.05, 0.1) is 11.6 Å². The minimum Gasteiger partial charge on any atom is -1.00 e. The zero-order valence-electron chi connectivity index (χ0n) is 34.4. The van der Waals surface area contributed by atoms with Crippen LogP contribution in [0.2, 0.25) is 5.02 Å². The number of pyridine rings is 1. The maximum Gasteiger partial charge on any atom is 0.173 e. The largest absolute Gasteiger partial charge is 1.00 e. The zero-order valence-corrected chi connectivity index (χ0v) is 37.3. The Balaban J connectivity index is 0.0000135. The molecule has 300 valence electrons. The highest BCUT2D eigenvalue weighted by Gasteiger charge is 2.12. The predicted molar refractivity (Wildman–Crippen MR) is 224 cm³/mol. The molecule has 0 amide bonds. The Labute approximate surface area is 345 Å². The molecule has 1 heterocycles. The van der Waals surface area contributed by atoms with E-state index in [2.05, 4.69) is 73.0 Å². The molecule has 0 N–H and O–H groups in total. The molecule has 0 aliphatic carbocycles. The number of nitrogens with zero attached hydrogens (tertiary/aromatic N) is 2. The van der Waals surface area contributed by atoms with E-state index < -0.39 is 0 Å². The Morgan fingerprint density at radius 3 is 1.44 bits per heavy atom. The Kier molecular flexibility index (Phi) is 33.9. The van der Waals surface area contributed by atoms with Gasteiger partial charge in [0.15, 0.2) is 12.4 Å². The van der Waals surface area contributed by atoms with Crippen molar-refractivity contribution in [2.75, 3.05) is 13.2 Å². The Bertz CT molecular complexity index is 1070. The van der Waals surface area contributed by atoms with Crippen LogP contribution in [0.1, 0.15) is 212 Å². The molecule has 52 heavy (non-hydrogen) atoms. The number of halogens is 2. The number of hydrogen-bond acceptors (Lipinski definition) is 2. The highest BCUT2D eigenvalue weighted by molar-refractivity contribution is 6.32. The van der Waals surface area contributed by atoms with Crippen LogP contribution in [0.3, 0.4) is 0 Å². The van der Waals surface area contributed by atoms with E-state index in [1.54, 1.807) is 0 Å². The molecular weight excluding hydrogens is 771 g/mol. The molecule has 0 fully saturated rings. The molecule has 2 aromatic rings.